The fourth-order valence-electron chi connectivity index (χ4n) is 1.04. The quantitative estimate of drug-likeness (QED) is 0.730. The van der Waals surface area contributed by atoms with E-state index < -0.39 is 6.04 Å². The second kappa shape index (κ2) is 5.00. The highest BCUT2D eigenvalue weighted by molar-refractivity contribution is 5.73. The monoisotopic (exact) mass is 208 g/mol. The molecule has 0 unspecified atom stereocenters. The highest BCUT2D eigenvalue weighted by atomic mass is 16.5. The summed E-state index contributed by atoms with van der Waals surface area (Å²) in [5.41, 5.74) is 0.467. The van der Waals surface area contributed by atoms with E-state index in [2.05, 4.69) is 10.4 Å². The van der Waals surface area contributed by atoms with E-state index in [1.54, 1.807) is 13.1 Å². The normalized spacial score (nSPS) is 11.5. The summed E-state index contributed by atoms with van der Waals surface area (Å²) >= 11 is 0. The van der Waals surface area contributed by atoms with Gasteiger partial charge in [-0.2, -0.15) is 5.26 Å². The van der Waals surface area contributed by atoms with Crippen LogP contribution in [-0.2, 0) is 4.79 Å². The number of aromatic nitrogens is 2. The number of nitriles is 1. The Morgan fingerprint density at radius 2 is 2.60 bits per heavy atom. The molecule has 1 N–H and O–H groups in total. The fourth-order valence-corrected chi connectivity index (χ4v) is 1.04. The Kier molecular flexibility index (Phi) is 3.68. The topological polar surface area (TPSA) is 79.9 Å². The molecule has 1 atom stereocenters. The maximum absolute atomic E-state index is 10.3. The molecule has 0 aliphatic heterocycles. The SMILES string of the molecule is CCOc1nn([C@@H](C)C#N)cc1NC=O. The molecule has 80 valence electrons. The van der Waals surface area contributed by atoms with Gasteiger partial charge in [-0.05, 0) is 13.8 Å². The third kappa shape index (κ3) is 2.47. The van der Waals surface area contributed by atoms with E-state index in [4.69, 9.17) is 10.00 Å². The summed E-state index contributed by atoms with van der Waals surface area (Å²) in [6.07, 6.45) is 2.11. The van der Waals surface area contributed by atoms with Gasteiger partial charge in [0.25, 0.3) is 5.88 Å². The molecule has 0 saturated heterocycles. The van der Waals surface area contributed by atoms with E-state index in [0.29, 0.717) is 24.6 Å². The van der Waals surface area contributed by atoms with Crippen LogP contribution in [0.3, 0.4) is 0 Å². The number of amides is 1. The van der Waals surface area contributed by atoms with E-state index in [1.807, 2.05) is 13.0 Å². The molecule has 1 amide bonds. The Bertz CT molecular complexity index is 380. The zero-order chi connectivity index (χ0) is 11.3. The lowest BCUT2D eigenvalue weighted by atomic mass is 10.4. The molecule has 15 heavy (non-hydrogen) atoms. The fraction of sp³-hybridized carbons (Fsp3) is 0.444. The van der Waals surface area contributed by atoms with Crippen molar-refractivity contribution in [3.05, 3.63) is 6.20 Å². The highest BCUT2D eigenvalue weighted by Gasteiger charge is 2.12. The van der Waals surface area contributed by atoms with Crippen molar-refractivity contribution >= 4 is 12.1 Å². The highest BCUT2D eigenvalue weighted by Crippen LogP contribution is 2.23. The van der Waals surface area contributed by atoms with Gasteiger partial charge < -0.3 is 10.1 Å². The molecule has 0 aliphatic rings. The first-order chi connectivity index (χ1) is 7.22. The van der Waals surface area contributed by atoms with Crippen LogP contribution in [0, 0.1) is 11.3 Å². The molecule has 0 radical (unpaired) electrons. The average Bonchev–Trinajstić information content (AvgIpc) is 2.62. The minimum absolute atomic E-state index is 0.326. The van der Waals surface area contributed by atoms with Crippen molar-refractivity contribution in [2.45, 2.75) is 19.9 Å². The lowest BCUT2D eigenvalue weighted by Gasteiger charge is -2.00. The maximum Gasteiger partial charge on any atom is 0.256 e. The van der Waals surface area contributed by atoms with Gasteiger partial charge in [-0.15, -0.1) is 5.10 Å². The summed E-state index contributed by atoms with van der Waals surface area (Å²) in [6, 6.07) is 1.64. The summed E-state index contributed by atoms with van der Waals surface area (Å²) in [4.78, 5) is 10.3. The standard InChI is InChI=1S/C9H12N4O2/c1-3-15-9-8(11-6-14)5-13(12-9)7(2)4-10/h5-7H,3H2,1-2H3,(H,11,14)/t7-/m0/s1. The summed E-state index contributed by atoms with van der Waals surface area (Å²) in [7, 11) is 0. The molecule has 1 heterocycles. The molecule has 0 aromatic carbocycles. The molecule has 6 heteroatoms. The van der Waals surface area contributed by atoms with E-state index in [1.165, 1.54) is 4.68 Å². The smallest absolute Gasteiger partial charge is 0.256 e. The van der Waals surface area contributed by atoms with Crippen LogP contribution < -0.4 is 10.1 Å². The van der Waals surface area contributed by atoms with Crippen LogP contribution >= 0.6 is 0 Å². The predicted molar refractivity (Wildman–Crippen MR) is 53.4 cm³/mol. The van der Waals surface area contributed by atoms with Gasteiger partial charge in [0, 0.05) is 0 Å². The summed E-state index contributed by atoms with van der Waals surface area (Å²) in [5.74, 6) is 0.326. The molecule has 1 rings (SSSR count). The van der Waals surface area contributed by atoms with Gasteiger partial charge in [-0.25, -0.2) is 4.68 Å². The second-order valence-electron chi connectivity index (χ2n) is 2.83. The number of nitrogens with zero attached hydrogens (tertiary/aromatic N) is 3. The number of carbonyl (C=O) groups is 1. The second-order valence-corrected chi connectivity index (χ2v) is 2.83. The predicted octanol–water partition coefficient (Wildman–Crippen LogP) is 0.935. The van der Waals surface area contributed by atoms with E-state index >= 15 is 0 Å². The number of rotatable bonds is 5. The zero-order valence-corrected chi connectivity index (χ0v) is 8.60. The van der Waals surface area contributed by atoms with Crippen LogP contribution in [0.2, 0.25) is 0 Å². The molecule has 0 fully saturated rings. The van der Waals surface area contributed by atoms with Gasteiger partial charge >= 0.3 is 0 Å². The Morgan fingerprint density at radius 3 is 3.13 bits per heavy atom. The van der Waals surface area contributed by atoms with Gasteiger partial charge in [0.1, 0.15) is 11.7 Å². The van der Waals surface area contributed by atoms with E-state index in [0.717, 1.165) is 0 Å². The van der Waals surface area contributed by atoms with Gasteiger partial charge in [0.2, 0.25) is 6.41 Å². The van der Waals surface area contributed by atoms with Gasteiger partial charge in [-0.1, -0.05) is 0 Å². The minimum atomic E-state index is -0.397. The third-order valence-corrected chi connectivity index (χ3v) is 1.78. The van der Waals surface area contributed by atoms with Gasteiger partial charge in [0.15, 0.2) is 0 Å². The molecule has 1 aromatic rings. The number of ether oxygens (including phenoxy) is 1. The Balaban J connectivity index is 2.98. The van der Waals surface area contributed by atoms with Gasteiger partial charge in [0.05, 0.1) is 18.9 Å². The molecule has 0 spiro atoms. The van der Waals surface area contributed by atoms with Crippen molar-refractivity contribution in [2.75, 3.05) is 11.9 Å². The number of hydrogen-bond acceptors (Lipinski definition) is 4. The molecule has 0 saturated carbocycles. The van der Waals surface area contributed by atoms with Crippen molar-refractivity contribution in [3.8, 4) is 11.9 Å². The van der Waals surface area contributed by atoms with E-state index in [-0.39, 0.29) is 0 Å². The average molecular weight is 208 g/mol. The minimum Gasteiger partial charge on any atom is -0.475 e. The Labute approximate surface area is 87.4 Å². The van der Waals surface area contributed by atoms with Crippen molar-refractivity contribution in [3.63, 3.8) is 0 Å². The first kappa shape index (κ1) is 11.0. The van der Waals surface area contributed by atoms with Gasteiger partial charge in [-0.3, -0.25) is 4.79 Å². The first-order valence-electron chi connectivity index (χ1n) is 4.54. The summed E-state index contributed by atoms with van der Waals surface area (Å²) in [5, 5.41) is 15.2. The Hall–Kier alpha value is -2.03. The van der Waals surface area contributed by atoms with Crippen molar-refractivity contribution in [2.24, 2.45) is 0 Å². The van der Waals surface area contributed by atoms with Crippen molar-refractivity contribution in [1.29, 1.82) is 5.26 Å². The molecular weight excluding hydrogens is 196 g/mol. The van der Waals surface area contributed by atoms with Crippen LogP contribution in [0.15, 0.2) is 6.20 Å². The van der Waals surface area contributed by atoms with Crippen molar-refractivity contribution in [1.82, 2.24) is 9.78 Å². The maximum atomic E-state index is 10.3. The lowest BCUT2D eigenvalue weighted by Crippen LogP contribution is -2.03. The molecule has 6 nitrogen and oxygen atoms in total. The number of hydrogen-bond donors (Lipinski definition) is 1. The lowest BCUT2D eigenvalue weighted by molar-refractivity contribution is -0.105. The summed E-state index contributed by atoms with van der Waals surface area (Å²) < 4.78 is 6.64. The molecular formula is C9H12N4O2. The zero-order valence-electron chi connectivity index (χ0n) is 8.60. The third-order valence-electron chi connectivity index (χ3n) is 1.78. The first-order valence-corrected chi connectivity index (χ1v) is 4.54. The van der Waals surface area contributed by atoms with Crippen molar-refractivity contribution < 1.29 is 9.53 Å². The largest absolute Gasteiger partial charge is 0.475 e. The summed E-state index contributed by atoms with van der Waals surface area (Å²) in [6.45, 7) is 3.97. The Morgan fingerprint density at radius 1 is 1.87 bits per heavy atom. The van der Waals surface area contributed by atoms with Crippen LogP contribution in [-0.4, -0.2) is 22.8 Å². The van der Waals surface area contributed by atoms with Crippen LogP contribution in [0.1, 0.15) is 19.9 Å². The molecule has 1 aromatic heterocycles. The molecule has 0 aliphatic carbocycles. The van der Waals surface area contributed by atoms with E-state index in [9.17, 15) is 4.79 Å². The van der Waals surface area contributed by atoms with Crippen LogP contribution in [0.25, 0.3) is 0 Å². The number of carbonyl (C=O) groups excluding carboxylic acids is 1. The number of anilines is 1. The molecule has 0 bridgehead atoms. The van der Waals surface area contributed by atoms with Crippen LogP contribution in [0.4, 0.5) is 5.69 Å². The van der Waals surface area contributed by atoms with Crippen LogP contribution in [0.5, 0.6) is 5.88 Å². The number of nitrogens with one attached hydrogen (secondary N) is 1.